The first kappa shape index (κ1) is 11.6. The van der Waals surface area contributed by atoms with Crippen molar-refractivity contribution in [1.82, 2.24) is 0 Å². The summed E-state index contributed by atoms with van der Waals surface area (Å²) in [6.45, 7) is 0. The van der Waals surface area contributed by atoms with Gasteiger partial charge in [-0.25, -0.2) is 0 Å². The molecule has 0 aliphatic rings. The number of benzene rings is 1. The molecule has 2 aromatic rings. The first-order chi connectivity index (χ1) is 8.20. The van der Waals surface area contributed by atoms with Crippen LogP contribution < -0.4 is 5.32 Å². The van der Waals surface area contributed by atoms with Gasteiger partial charge in [0.2, 0.25) is 0 Å². The van der Waals surface area contributed by atoms with E-state index in [1.165, 1.54) is 6.26 Å². The van der Waals surface area contributed by atoms with Crippen LogP contribution in [-0.2, 0) is 0 Å². The molecule has 0 unspecified atom stereocenters. The Bertz CT molecular complexity index is 545. The molecule has 1 N–H and O–H groups in total. The predicted molar refractivity (Wildman–Crippen MR) is 66.2 cm³/mol. The summed E-state index contributed by atoms with van der Waals surface area (Å²) in [6.07, 6.45) is 2.17. The smallest absolute Gasteiger partial charge is 0.260 e. The summed E-state index contributed by atoms with van der Waals surface area (Å²) in [6, 6.07) is 8.16. The van der Waals surface area contributed by atoms with Gasteiger partial charge in [0.25, 0.3) is 5.91 Å². The highest BCUT2D eigenvalue weighted by molar-refractivity contribution is 9.10. The maximum Gasteiger partial charge on any atom is 0.260 e. The van der Waals surface area contributed by atoms with Gasteiger partial charge in [-0.05, 0) is 46.3 Å². The fourth-order valence-corrected chi connectivity index (χ4v) is 1.72. The number of anilines is 1. The number of amides is 1. The van der Waals surface area contributed by atoms with Crippen LogP contribution in [0.5, 0.6) is 0 Å². The van der Waals surface area contributed by atoms with Crippen molar-refractivity contribution in [3.05, 3.63) is 52.4 Å². The predicted octanol–water partition coefficient (Wildman–Crippen LogP) is 3.11. The van der Waals surface area contributed by atoms with Crippen molar-refractivity contribution in [2.24, 2.45) is 0 Å². The molecule has 5 heteroatoms. The third-order valence-electron chi connectivity index (χ3n) is 2.17. The highest BCUT2D eigenvalue weighted by Crippen LogP contribution is 2.19. The van der Waals surface area contributed by atoms with E-state index in [2.05, 4.69) is 21.2 Å². The van der Waals surface area contributed by atoms with Crippen LogP contribution in [0.3, 0.4) is 0 Å². The maximum atomic E-state index is 11.8. The van der Waals surface area contributed by atoms with Crippen molar-refractivity contribution in [3.63, 3.8) is 0 Å². The molecule has 86 valence electrons. The third kappa shape index (κ3) is 2.62. The number of furan rings is 1. The Morgan fingerprint density at radius 1 is 1.24 bits per heavy atom. The molecule has 1 amide bonds. The lowest BCUT2D eigenvalue weighted by Gasteiger charge is -2.03. The van der Waals surface area contributed by atoms with Gasteiger partial charge >= 0.3 is 0 Å². The standard InChI is InChI=1S/C12H8BrNO3/c13-11-10(5-6-17-11)12(16)14-9-3-1-8(7-15)2-4-9/h1-7H,(H,14,16). The van der Waals surface area contributed by atoms with E-state index < -0.39 is 0 Å². The SMILES string of the molecule is O=Cc1ccc(NC(=O)c2ccoc2Br)cc1. The van der Waals surface area contributed by atoms with E-state index in [1.54, 1.807) is 30.3 Å². The fourth-order valence-electron chi connectivity index (χ4n) is 1.30. The molecule has 0 saturated heterocycles. The molecule has 1 heterocycles. The second-order valence-electron chi connectivity index (χ2n) is 3.30. The zero-order valence-electron chi connectivity index (χ0n) is 8.64. The lowest BCUT2D eigenvalue weighted by molar-refractivity contribution is 0.102. The van der Waals surface area contributed by atoms with Gasteiger partial charge in [-0.15, -0.1) is 0 Å². The van der Waals surface area contributed by atoms with Gasteiger partial charge in [0.1, 0.15) is 6.29 Å². The average molecular weight is 294 g/mol. The monoisotopic (exact) mass is 293 g/mol. The Labute approximate surface area is 106 Å². The summed E-state index contributed by atoms with van der Waals surface area (Å²) in [5.74, 6) is -0.274. The van der Waals surface area contributed by atoms with Crippen molar-refractivity contribution < 1.29 is 14.0 Å². The Balaban J connectivity index is 2.13. The molecular formula is C12H8BrNO3. The second-order valence-corrected chi connectivity index (χ2v) is 4.02. The fraction of sp³-hybridized carbons (Fsp3) is 0. The van der Waals surface area contributed by atoms with E-state index in [9.17, 15) is 9.59 Å². The Hall–Kier alpha value is -1.88. The molecule has 0 radical (unpaired) electrons. The highest BCUT2D eigenvalue weighted by Gasteiger charge is 2.12. The van der Waals surface area contributed by atoms with Gasteiger partial charge in [0, 0.05) is 11.3 Å². The Kier molecular flexibility index (Phi) is 3.39. The molecule has 1 aromatic heterocycles. The third-order valence-corrected chi connectivity index (χ3v) is 2.78. The van der Waals surface area contributed by atoms with Crippen LogP contribution in [0.15, 0.2) is 45.7 Å². The summed E-state index contributed by atoms with van der Waals surface area (Å²) in [4.78, 5) is 22.2. The van der Waals surface area contributed by atoms with E-state index in [-0.39, 0.29) is 5.91 Å². The van der Waals surface area contributed by atoms with Crippen LogP contribution in [0.4, 0.5) is 5.69 Å². The second kappa shape index (κ2) is 4.97. The first-order valence-electron chi connectivity index (χ1n) is 4.80. The lowest BCUT2D eigenvalue weighted by Crippen LogP contribution is -2.11. The molecule has 0 aliphatic carbocycles. The molecule has 2 rings (SSSR count). The van der Waals surface area contributed by atoms with Crippen LogP contribution >= 0.6 is 15.9 Å². The molecule has 0 atom stereocenters. The van der Waals surface area contributed by atoms with Crippen molar-refractivity contribution in [2.75, 3.05) is 5.32 Å². The van der Waals surface area contributed by atoms with Crippen molar-refractivity contribution in [1.29, 1.82) is 0 Å². The van der Waals surface area contributed by atoms with Crippen LogP contribution in [0, 0.1) is 0 Å². The molecule has 17 heavy (non-hydrogen) atoms. The van der Waals surface area contributed by atoms with E-state index in [1.807, 2.05) is 0 Å². The Morgan fingerprint density at radius 2 is 1.94 bits per heavy atom. The quantitative estimate of drug-likeness (QED) is 0.885. The number of nitrogens with one attached hydrogen (secondary N) is 1. The van der Waals surface area contributed by atoms with Gasteiger partial charge in [0.15, 0.2) is 4.67 Å². The normalized spacial score (nSPS) is 9.94. The molecule has 0 saturated carbocycles. The van der Waals surface area contributed by atoms with Gasteiger partial charge in [-0.2, -0.15) is 0 Å². The van der Waals surface area contributed by atoms with Gasteiger partial charge < -0.3 is 9.73 Å². The highest BCUT2D eigenvalue weighted by atomic mass is 79.9. The lowest BCUT2D eigenvalue weighted by atomic mass is 10.2. The summed E-state index contributed by atoms with van der Waals surface area (Å²) in [5.41, 5.74) is 1.60. The zero-order valence-corrected chi connectivity index (χ0v) is 10.2. The zero-order chi connectivity index (χ0) is 12.3. The van der Waals surface area contributed by atoms with Gasteiger partial charge in [-0.3, -0.25) is 9.59 Å². The number of carbonyl (C=O) groups is 2. The van der Waals surface area contributed by atoms with Gasteiger partial charge in [-0.1, -0.05) is 0 Å². The average Bonchev–Trinajstić information content (AvgIpc) is 2.76. The van der Waals surface area contributed by atoms with Crippen molar-refractivity contribution >= 4 is 33.8 Å². The van der Waals surface area contributed by atoms with E-state index in [4.69, 9.17) is 4.42 Å². The van der Waals surface area contributed by atoms with Crippen LogP contribution in [-0.4, -0.2) is 12.2 Å². The molecule has 4 nitrogen and oxygen atoms in total. The molecule has 0 bridgehead atoms. The largest absolute Gasteiger partial charge is 0.457 e. The number of carbonyl (C=O) groups excluding carboxylic acids is 2. The summed E-state index contributed by atoms with van der Waals surface area (Å²) in [5, 5.41) is 2.69. The molecular weight excluding hydrogens is 286 g/mol. The number of hydrogen-bond donors (Lipinski definition) is 1. The topological polar surface area (TPSA) is 59.3 Å². The van der Waals surface area contributed by atoms with Crippen LogP contribution in [0.1, 0.15) is 20.7 Å². The van der Waals surface area contributed by atoms with Gasteiger partial charge in [0.05, 0.1) is 11.8 Å². The molecule has 0 fully saturated rings. The molecule has 0 spiro atoms. The van der Waals surface area contributed by atoms with Crippen LogP contribution in [0.25, 0.3) is 0 Å². The van der Waals surface area contributed by atoms with Crippen LogP contribution in [0.2, 0.25) is 0 Å². The Morgan fingerprint density at radius 3 is 2.47 bits per heavy atom. The number of aldehydes is 1. The minimum absolute atomic E-state index is 0.274. The summed E-state index contributed by atoms with van der Waals surface area (Å²) < 4.78 is 5.36. The van der Waals surface area contributed by atoms with Crippen molar-refractivity contribution in [2.45, 2.75) is 0 Å². The first-order valence-corrected chi connectivity index (χ1v) is 5.59. The summed E-state index contributed by atoms with van der Waals surface area (Å²) >= 11 is 3.13. The van der Waals surface area contributed by atoms with E-state index >= 15 is 0 Å². The number of halogens is 1. The minimum atomic E-state index is -0.274. The van der Waals surface area contributed by atoms with E-state index in [0.717, 1.165) is 6.29 Å². The van der Waals surface area contributed by atoms with Crippen molar-refractivity contribution in [3.8, 4) is 0 Å². The molecule has 0 aliphatic heterocycles. The molecule has 1 aromatic carbocycles. The minimum Gasteiger partial charge on any atom is -0.457 e. The number of rotatable bonds is 3. The number of hydrogen-bond acceptors (Lipinski definition) is 3. The maximum absolute atomic E-state index is 11.8. The summed E-state index contributed by atoms with van der Waals surface area (Å²) in [7, 11) is 0. The van der Waals surface area contributed by atoms with E-state index in [0.29, 0.717) is 21.5 Å².